The molecule has 1 aliphatic carbocycles. The van der Waals surface area contributed by atoms with Gasteiger partial charge in [0.25, 0.3) is 0 Å². The summed E-state index contributed by atoms with van der Waals surface area (Å²) in [6, 6.07) is 0. The maximum atomic E-state index is 5.88. The predicted molar refractivity (Wildman–Crippen MR) is 71.8 cm³/mol. The number of ether oxygens (including phenoxy) is 1. The molecule has 2 heteroatoms. The Hall–Kier alpha value is -0.110. The maximum Gasteiger partial charge on any atom is 0.0937 e. The Labute approximate surface area is 104 Å². The normalized spacial score (nSPS) is 30.4. The van der Waals surface area contributed by atoms with Crippen molar-refractivity contribution in [1.29, 1.82) is 0 Å². The van der Waals surface area contributed by atoms with E-state index in [1.54, 1.807) is 0 Å². The molecule has 1 aliphatic heterocycles. The average molecular weight is 240 g/mol. The fraction of sp³-hybridized carbons (Fsp3) is 0.857. The third-order valence-electron chi connectivity index (χ3n) is 4.04. The minimum atomic E-state index is 0.471. The van der Waals surface area contributed by atoms with E-state index in [1.165, 1.54) is 62.0 Å². The summed E-state index contributed by atoms with van der Waals surface area (Å²) in [5.74, 6) is 2.65. The Kier molecular flexibility index (Phi) is 4.63. The molecule has 16 heavy (non-hydrogen) atoms. The second-order valence-electron chi connectivity index (χ2n) is 5.30. The van der Waals surface area contributed by atoms with Crippen molar-refractivity contribution < 1.29 is 4.74 Å². The quantitative estimate of drug-likeness (QED) is 0.674. The van der Waals surface area contributed by atoms with Gasteiger partial charge < -0.3 is 4.74 Å². The highest BCUT2D eigenvalue weighted by molar-refractivity contribution is 7.99. The van der Waals surface area contributed by atoms with Crippen LogP contribution in [0.2, 0.25) is 0 Å². The van der Waals surface area contributed by atoms with Gasteiger partial charge in [-0.2, -0.15) is 11.8 Å². The van der Waals surface area contributed by atoms with Gasteiger partial charge in [-0.1, -0.05) is 6.92 Å². The largest absolute Gasteiger partial charge is 0.501 e. The van der Waals surface area contributed by atoms with Crippen LogP contribution in [0, 0.1) is 5.41 Å². The van der Waals surface area contributed by atoms with E-state index >= 15 is 0 Å². The standard InChI is InChI=1S/C14H24OS/c1-2-14(8-5-9-16-12-14)11-15-10-13-6-3-4-7-13/h10H,2-9,11-12H2,1H3. The lowest BCUT2D eigenvalue weighted by Gasteiger charge is -2.35. The molecule has 0 spiro atoms. The molecule has 2 fully saturated rings. The molecule has 1 nitrogen and oxygen atoms in total. The highest BCUT2D eigenvalue weighted by atomic mass is 32.2. The molecule has 2 rings (SSSR count). The number of allylic oxidation sites excluding steroid dienone is 1. The predicted octanol–water partition coefficient (Wildman–Crippen LogP) is 4.38. The first-order valence-corrected chi connectivity index (χ1v) is 7.87. The van der Waals surface area contributed by atoms with Crippen LogP contribution in [0.3, 0.4) is 0 Å². The van der Waals surface area contributed by atoms with Crippen LogP contribution in [0.5, 0.6) is 0 Å². The van der Waals surface area contributed by atoms with Crippen LogP contribution in [0.25, 0.3) is 0 Å². The Morgan fingerprint density at radius 2 is 2.12 bits per heavy atom. The van der Waals surface area contributed by atoms with Gasteiger partial charge in [-0.15, -0.1) is 0 Å². The summed E-state index contributed by atoms with van der Waals surface area (Å²) in [4.78, 5) is 0. The molecule has 1 heterocycles. The second-order valence-corrected chi connectivity index (χ2v) is 6.41. The van der Waals surface area contributed by atoms with Gasteiger partial charge >= 0.3 is 0 Å². The van der Waals surface area contributed by atoms with E-state index in [-0.39, 0.29) is 0 Å². The van der Waals surface area contributed by atoms with Gasteiger partial charge in [0, 0.05) is 11.2 Å². The summed E-state index contributed by atoms with van der Waals surface area (Å²) in [6.45, 7) is 3.26. The SMILES string of the molecule is CCC1(COC=C2CCCC2)CCCSC1. The Morgan fingerprint density at radius 3 is 2.75 bits per heavy atom. The van der Waals surface area contributed by atoms with Crippen LogP contribution in [0.4, 0.5) is 0 Å². The lowest BCUT2D eigenvalue weighted by Crippen LogP contribution is -2.31. The summed E-state index contributed by atoms with van der Waals surface area (Å²) in [6.07, 6.45) is 11.3. The van der Waals surface area contributed by atoms with Crippen molar-refractivity contribution in [2.24, 2.45) is 5.41 Å². The van der Waals surface area contributed by atoms with Crippen LogP contribution in [-0.4, -0.2) is 18.1 Å². The number of rotatable bonds is 4. The molecule has 0 amide bonds. The second kappa shape index (κ2) is 6.00. The Bertz CT molecular complexity index is 233. The van der Waals surface area contributed by atoms with Gasteiger partial charge in [0.2, 0.25) is 0 Å². The molecule has 0 aromatic heterocycles. The topological polar surface area (TPSA) is 9.23 Å². The average Bonchev–Trinajstić information content (AvgIpc) is 2.83. The van der Waals surface area contributed by atoms with Crippen LogP contribution < -0.4 is 0 Å². The summed E-state index contributed by atoms with van der Waals surface area (Å²) >= 11 is 2.11. The smallest absolute Gasteiger partial charge is 0.0937 e. The highest BCUT2D eigenvalue weighted by Gasteiger charge is 2.31. The molecule has 1 saturated carbocycles. The van der Waals surface area contributed by atoms with Crippen LogP contribution in [0.15, 0.2) is 11.8 Å². The van der Waals surface area contributed by atoms with Crippen molar-refractivity contribution in [2.45, 2.75) is 51.9 Å². The summed E-state index contributed by atoms with van der Waals surface area (Å²) in [5.41, 5.74) is 2.01. The van der Waals surface area contributed by atoms with Crippen molar-refractivity contribution in [3.05, 3.63) is 11.8 Å². The first-order chi connectivity index (χ1) is 7.85. The fourth-order valence-corrected chi connectivity index (χ4v) is 4.05. The van der Waals surface area contributed by atoms with Crippen molar-refractivity contribution in [1.82, 2.24) is 0 Å². The van der Waals surface area contributed by atoms with Crippen LogP contribution in [-0.2, 0) is 4.74 Å². The lowest BCUT2D eigenvalue weighted by molar-refractivity contribution is 0.110. The molecule has 1 atom stereocenters. The number of hydrogen-bond acceptors (Lipinski definition) is 2. The van der Waals surface area contributed by atoms with E-state index in [2.05, 4.69) is 24.9 Å². The van der Waals surface area contributed by atoms with E-state index < -0.39 is 0 Å². The van der Waals surface area contributed by atoms with Crippen molar-refractivity contribution in [2.75, 3.05) is 18.1 Å². The molecule has 0 radical (unpaired) electrons. The summed E-state index contributed by atoms with van der Waals surface area (Å²) in [7, 11) is 0. The highest BCUT2D eigenvalue weighted by Crippen LogP contribution is 2.37. The third kappa shape index (κ3) is 3.19. The Morgan fingerprint density at radius 1 is 1.31 bits per heavy atom. The monoisotopic (exact) mass is 240 g/mol. The van der Waals surface area contributed by atoms with Gasteiger partial charge in [0.05, 0.1) is 12.9 Å². The maximum absolute atomic E-state index is 5.88. The third-order valence-corrected chi connectivity index (χ3v) is 5.43. The summed E-state index contributed by atoms with van der Waals surface area (Å²) < 4.78 is 5.88. The van der Waals surface area contributed by atoms with Gasteiger partial charge in [-0.25, -0.2) is 0 Å². The van der Waals surface area contributed by atoms with E-state index in [0.717, 1.165) is 6.61 Å². The fourth-order valence-electron chi connectivity index (χ4n) is 2.69. The van der Waals surface area contributed by atoms with E-state index in [1.807, 2.05) is 0 Å². The first kappa shape index (κ1) is 12.3. The molecule has 0 N–H and O–H groups in total. The zero-order valence-corrected chi connectivity index (χ0v) is 11.3. The Balaban J connectivity index is 1.79. The molecular formula is C14H24OS. The number of thioether (sulfide) groups is 1. The molecule has 1 unspecified atom stereocenters. The van der Waals surface area contributed by atoms with Crippen molar-refractivity contribution in [3.8, 4) is 0 Å². The molecule has 0 bridgehead atoms. The molecule has 0 aromatic carbocycles. The van der Waals surface area contributed by atoms with Crippen molar-refractivity contribution >= 4 is 11.8 Å². The first-order valence-electron chi connectivity index (χ1n) is 6.72. The minimum absolute atomic E-state index is 0.471. The zero-order valence-electron chi connectivity index (χ0n) is 10.5. The molecule has 1 saturated heterocycles. The van der Waals surface area contributed by atoms with Gasteiger partial charge in [0.1, 0.15) is 0 Å². The lowest BCUT2D eigenvalue weighted by atomic mass is 9.83. The van der Waals surface area contributed by atoms with Crippen LogP contribution in [0.1, 0.15) is 51.9 Å². The minimum Gasteiger partial charge on any atom is -0.501 e. The molecule has 0 aromatic rings. The molecule has 92 valence electrons. The zero-order chi connectivity index (χ0) is 11.3. The van der Waals surface area contributed by atoms with Gasteiger partial charge in [0.15, 0.2) is 0 Å². The van der Waals surface area contributed by atoms with Gasteiger partial charge in [-0.05, 0) is 56.3 Å². The summed E-state index contributed by atoms with van der Waals surface area (Å²) in [5, 5.41) is 0. The van der Waals surface area contributed by atoms with E-state index in [9.17, 15) is 0 Å². The van der Waals surface area contributed by atoms with E-state index in [0.29, 0.717) is 5.41 Å². The number of hydrogen-bond donors (Lipinski definition) is 0. The van der Waals surface area contributed by atoms with Crippen molar-refractivity contribution in [3.63, 3.8) is 0 Å². The van der Waals surface area contributed by atoms with Gasteiger partial charge in [-0.3, -0.25) is 0 Å². The van der Waals surface area contributed by atoms with Crippen LogP contribution >= 0.6 is 11.8 Å². The molecular weight excluding hydrogens is 216 g/mol. The van der Waals surface area contributed by atoms with E-state index in [4.69, 9.17) is 4.74 Å². The molecule has 2 aliphatic rings.